The van der Waals surface area contributed by atoms with Crippen LogP contribution in [0, 0.1) is 5.92 Å². The van der Waals surface area contributed by atoms with E-state index in [0.717, 1.165) is 26.1 Å². The van der Waals surface area contributed by atoms with E-state index >= 15 is 0 Å². The molecule has 4 nitrogen and oxygen atoms in total. The standard InChI is InChI=1S/C11H23N3O/c1-12-6-3-4-11(15)13-8-10-5-7-14(2)9-10/h10,12H,3-9H2,1-2H3,(H,13,15). The van der Waals surface area contributed by atoms with Crippen LogP contribution in [0.3, 0.4) is 0 Å². The van der Waals surface area contributed by atoms with Gasteiger partial charge in [-0.05, 0) is 45.9 Å². The molecule has 1 aliphatic heterocycles. The highest BCUT2D eigenvalue weighted by molar-refractivity contribution is 5.75. The molecule has 1 heterocycles. The summed E-state index contributed by atoms with van der Waals surface area (Å²) in [5.41, 5.74) is 0. The lowest BCUT2D eigenvalue weighted by Gasteiger charge is -2.11. The largest absolute Gasteiger partial charge is 0.356 e. The zero-order valence-electron chi connectivity index (χ0n) is 9.88. The predicted molar refractivity (Wildman–Crippen MR) is 61.8 cm³/mol. The fourth-order valence-corrected chi connectivity index (χ4v) is 1.97. The number of carbonyl (C=O) groups excluding carboxylic acids is 1. The highest BCUT2D eigenvalue weighted by Gasteiger charge is 2.19. The Morgan fingerprint density at radius 2 is 2.33 bits per heavy atom. The van der Waals surface area contributed by atoms with Crippen LogP contribution < -0.4 is 10.6 Å². The quantitative estimate of drug-likeness (QED) is 0.613. The fourth-order valence-electron chi connectivity index (χ4n) is 1.97. The molecule has 1 aliphatic rings. The summed E-state index contributed by atoms with van der Waals surface area (Å²) >= 11 is 0. The Labute approximate surface area is 92.4 Å². The van der Waals surface area contributed by atoms with Gasteiger partial charge in [-0.3, -0.25) is 4.79 Å². The molecular formula is C11H23N3O. The Bertz CT molecular complexity index is 196. The lowest BCUT2D eigenvalue weighted by atomic mass is 10.1. The maximum absolute atomic E-state index is 11.4. The van der Waals surface area contributed by atoms with Crippen LogP contribution in [-0.2, 0) is 4.79 Å². The van der Waals surface area contributed by atoms with Crippen molar-refractivity contribution in [3.8, 4) is 0 Å². The first-order valence-electron chi connectivity index (χ1n) is 5.82. The Kier molecular flexibility index (Phi) is 5.65. The van der Waals surface area contributed by atoms with Gasteiger partial charge in [-0.2, -0.15) is 0 Å². The summed E-state index contributed by atoms with van der Waals surface area (Å²) in [7, 11) is 4.04. The molecule has 4 heteroatoms. The van der Waals surface area contributed by atoms with Gasteiger partial charge in [0.2, 0.25) is 5.91 Å². The first-order valence-corrected chi connectivity index (χ1v) is 5.82. The number of carbonyl (C=O) groups is 1. The molecule has 1 amide bonds. The van der Waals surface area contributed by atoms with E-state index in [1.165, 1.54) is 13.0 Å². The van der Waals surface area contributed by atoms with Gasteiger partial charge in [0.1, 0.15) is 0 Å². The molecule has 1 unspecified atom stereocenters. The number of nitrogens with one attached hydrogen (secondary N) is 2. The van der Waals surface area contributed by atoms with E-state index in [2.05, 4.69) is 22.6 Å². The molecule has 1 atom stereocenters. The van der Waals surface area contributed by atoms with Gasteiger partial charge in [0.05, 0.1) is 0 Å². The second kappa shape index (κ2) is 6.80. The van der Waals surface area contributed by atoms with Crippen LogP contribution in [0.2, 0.25) is 0 Å². The monoisotopic (exact) mass is 213 g/mol. The molecule has 0 aromatic rings. The van der Waals surface area contributed by atoms with E-state index in [-0.39, 0.29) is 5.91 Å². The van der Waals surface area contributed by atoms with E-state index in [0.29, 0.717) is 12.3 Å². The zero-order valence-corrected chi connectivity index (χ0v) is 9.88. The molecule has 0 saturated carbocycles. The minimum Gasteiger partial charge on any atom is -0.356 e. The van der Waals surface area contributed by atoms with E-state index < -0.39 is 0 Å². The van der Waals surface area contributed by atoms with Crippen molar-refractivity contribution in [3.63, 3.8) is 0 Å². The van der Waals surface area contributed by atoms with Crippen molar-refractivity contribution in [2.24, 2.45) is 5.92 Å². The first kappa shape index (κ1) is 12.5. The van der Waals surface area contributed by atoms with Crippen molar-refractivity contribution >= 4 is 5.91 Å². The van der Waals surface area contributed by atoms with Crippen molar-refractivity contribution in [2.45, 2.75) is 19.3 Å². The maximum atomic E-state index is 11.4. The lowest BCUT2D eigenvalue weighted by Crippen LogP contribution is -2.30. The molecule has 88 valence electrons. The van der Waals surface area contributed by atoms with E-state index in [4.69, 9.17) is 0 Å². The summed E-state index contributed by atoms with van der Waals surface area (Å²) in [6, 6.07) is 0. The Morgan fingerprint density at radius 1 is 1.53 bits per heavy atom. The molecule has 0 spiro atoms. The molecule has 0 radical (unpaired) electrons. The summed E-state index contributed by atoms with van der Waals surface area (Å²) in [5, 5.41) is 6.05. The normalized spacial score (nSPS) is 21.9. The summed E-state index contributed by atoms with van der Waals surface area (Å²) in [6.07, 6.45) is 2.78. The third kappa shape index (κ3) is 5.14. The Hall–Kier alpha value is -0.610. The third-order valence-electron chi connectivity index (χ3n) is 2.91. The lowest BCUT2D eigenvalue weighted by molar-refractivity contribution is -0.121. The number of likely N-dealkylation sites (tertiary alicyclic amines) is 1. The van der Waals surface area contributed by atoms with Gasteiger partial charge < -0.3 is 15.5 Å². The number of rotatable bonds is 6. The van der Waals surface area contributed by atoms with Gasteiger partial charge >= 0.3 is 0 Å². The van der Waals surface area contributed by atoms with Crippen LogP contribution in [0.4, 0.5) is 0 Å². The molecule has 1 rings (SSSR count). The van der Waals surface area contributed by atoms with Gasteiger partial charge in [0.15, 0.2) is 0 Å². The molecule has 0 aromatic heterocycles. The van der Waals surface area contributed by atoms with Gasteiger partial charge in [-0.15, -0.1) is 0 Å². The predicted octanol–water partition coefficient (Wildman–Crippen LogP) is 0.0539. The second-order valence-corrected chi connectivity index (χ2v) is 4.43. The highest BCUT2D eigenvalue weighted by atomic mass is 16.1. The summed E-state index contributed by atoms with van der Waals surface area (Å²) in [4.78, 5) is 13.7. The van der Waals surface area contributed by atoms with Crippen LogP contribution in [0.5, 0.6) is 0 Å². The smallest absolute Gasteiger partial charge is 0.220 e. The summed E-state index contributed by atoms with van der Waals surface area (Å²) < 4.78 is 0. The highest BCUT2D eigenvalue weighted by Crippen LogP contribution is 2.12. The van der Waals surface area contributed by atoms with Crippen LogP contribution in [0.1, 0.15) is 19.3 Å². The molecule has 0 aromatic carbocycles. The maximum Gasteiger partial charge on any atom is 0.220 e. The average molecular weight is 213 g/mol. The SMILES string of the molecule is CNCCCC(=O)NCC1CCN(C)C1. The van der Waals surface area contributed by atoms with Gasteiger partial charge in [-0.1, -0.05) is 0 Å². The summed E-state index contributed by atoms with van der Waals surface area (Å²) in [5.74, 6) is 0.850. The molecule has 0 aliphatic carbocycles. The van der Waals surface area contributed by atoms with Crippen molar-refractivity contribution in [1.82, 2.24) is 15.5 Å². The van der Waals surface area contributed by atoms with Crippen LogP contribution in [0.15, 0.2) is 0 Å². The minimum atomic E-state index is 0.194. The molecular weight excluding hydrogens is 190 g/mol. The molecule has 2 N–H and O–H groups in total. The van der Waals surface area contributed by atoms with Gasteiger partial charge in [0, 0.05) is 19.5 Å². The minimum absolute atomic E-state index is 0.194. The topological polar surface area (TPSA) is 44.4 Å². The van der Waals surface area contributed by atoms with E-state index in [1.807, 2.05) is 7.05 Å². The average Bonchev–Trinajstić information content (AvgIpc) is 2.62. The Balaban J connectivity index is 2.01. The Morgan fingerprint density at radius 3 is 2.93 bits per heavy atom. The van der Waals surface area contributed by atoms with Gasteiger partial charge in [0.25, 0.3) is 0 Å². The molecule has 15 heavy (non-hydrogen) atoms. The second-order valence-electron chi connectivity index (χ2n) is 4.43. The van der Waals surface area contributed by atoms with Crippen molar-refractivity contribution < 1.29 is 4.79 Å². The fraction of sp³-hybridized carbons (Fsp3) is 0.909. The number of nitrogens with zero attached hydrogens (tertiary/aromatic N) is 1. The van der Waals surface area contributed by atoms with Crippen molar-refractivity contribution in [2.75, 3.05) is 40.3 Å². The van der Waals surface area contributed by atoms with Crippen LogP contribution >= 0.6 is 0 Å². The van der Waals surface area contributed by atoms with Crippen LogP contribution in [0.25, 0.3) is 0 Å². The van der Waals surface area contributed by atoms with Crippen molar-refractivity contribution in [3.05, 3.63) is 0 Å². The number of hydrogen-bond acceptors (Lipinski definition) is 3. The van der Waals surface area contributed by atoms with Crippen molar-refractivity contribution in [1.29, 1.82) is 0 Å². The number of hydrogen-bond donors (Lipinski definition) is 2. The van der Waals surface area contributed by atoms with E-state index in [9.17, 15) is 4.79 Å². The summed E-state index contributed by atoms with van der Waals surface area (Å²) in [6.45, 7) is 4.05. The molecule has 1 saturated heterocycles. The van der Waals surface area contributed by atoms with Crippen LogP contribution in [-0.4, -0.2) is 51.1 Å². The molecule has 1 fully saturated rings. The first-order chi connectivity index (χ1) is 7.22. The van der Waals surface area contributed by atoms with E-state index in [1.54, 1.807) is 0 Å². The van der Waals surface area contributed by atoms with Gasteiger partial charge in [-0.25, -0.2) is 0 Å². The third-order valence-corrected chi connectivity index (χ3v) is 2.91. The number of amides is 1. The molecule has 0 bridgehead atoms. The zero-order chi connectivity index (χ0) is 11.1.